The molecule has 0 radical (unpaired) electrons. The highest BCUT2D eigenvalue weighted by Gasteiger charge is 2.46. The number of nitrogens with zero attached hydrogens (tertiary/aromatic N) is 4. The van der Waals surface area contributed by atoms with E-state index in [4.69, 9.17) is 0 Å². The third-order valence-corrected chi connectivity index (χ3v) is 19.2. The topological polar surface area (TPSA) is 19.7 Å². The van der Waals surface area contributed by atoms with Crippen molar-refractivity contribution in [2.24, 2.45) is 0 Å². The molecule has 2 aliphatic rings. The Kier molecular flexibility index (Phi) is 10.7. The Morgan fingerprint density at radius 1 is 0.241 bits per heavy atom. The summed E-state index contributed by atoms with van der Waals surface area (Å²) < 4.78 is 9.84. The van der Waals surface area contributed by atoms with Crippen LogP contribution in [0.3, 0.4) is 0 Å². The number of fused-ring (bicyclic) bond motifs is 12. The zero-order chi connectivity index (χ0) is 54.6. The van der Waals surface area contributed by atoms with Gasteiger partial charge in [-0.1, -0.05) is 200 Å². The highest BCUT2D eigenvalue weighted by Crippen LogP contribution is 2.55. The molecule has 0 saturated heterocycles. The number of rotatable bonds is 8. The summed E-state index contributed by atoms with van der Waals surface area (Å²) in [4.78, 5) is 0. The monoisotopic (exact) mass is 1060 g/mol. The number of hydrogen-bond donors (Lipinski definition) is 0. The summed E-state index contributed by atoms with van der Waals surface area (Å²) in [7, 11) is 0. The normalized spacial score (nSPS) is 14.8. The molecule has 394 valence electrons. The van der Waals surface area contributed by atoms with E-state index in [1.54, 1.807) is 0 Å². The number of para-hydroxylation sites is 7. The largest absolute Gasteiger partial charge is 0.313 e. The van der Waals surface area contributed by atoms with E-state index in [1.807, 2.05) is 0 Å². The van der Waals surface area contributed by atoms with Crippen LogP contribution in [0.25, 0.3) is 105 Å². The number of allylic oxidation sites excluding steroid dienone is 3. The summed E-state index contributed by atoms with van der Waals surface area (Å²) in [5.41, 5.74) is 20.9. The average Bonchev–Trinajstić information content (AvgIpc) is 4.45. The van der Waals surface area contributed by atoms with E-state index >= 15 is 0 Å². The second-order valence-electron chi connectivity index (χ2n) is 23.2. The second-order valence-corrected chi connectivity index (χ2v) is 23.2. The van der Waals surface area contributed by atoms with Crippen molar-refractivity contribution < 1.29 is 0 Å². The van der Waals surface area contributed by atoms with Crippen LogP contribution in [0.15, 0.2) is 285 Å². The molecule has 15 aromatic rings. The maximum Gasteiger partial charge on any atom is 0.0541 e. The van der Waals surface area contributed by atoms with Gasteiger partial charge in [-0.2, -0.15) is 0 Å². The van der Waals surface area contributed by atoms with Crippen molar-refractivity contribution in [1.29, 1.82) is 0 Å². The molecule has 11 aromatic carbocycles. The van der Waals surface area contributed by atoms with Crippen LogP contribution in [0.2, 0.25) is 0 Å². The molecular formula is C79H58N4. The minimum absolute atomic E-state index is 0.269. The Labute approximate surface area is 482 Å². The highest BCUT2D eigenvalue weighted by atomic mass is 15.0. The van der Waals surface area contributed by atoms with Crippen molar-refractivity contribution >= 4 is 82.4 Å². The molecular weight excluding hydrogens is 1000 g/mol. The molecule has 17 rings (SSSR count). The summed E-state index contributed by atoms with van der Waals surface area (Å²) in [6.07, 6.45) is 13.7. The van der Waals surface area contributed by atoms with E-state index in [-0.39, 0.29) is 10.8 Å². The second kappa shape index (κ2) is 18.7. The maximum absolute atomic E-state index is 2.50. The van der Waals surface area contributed by atoms with Crippen LogP contribution in [-0.2, 0) is 17.3 Å². The van der Waals surface area contributed by atoms with Gasteiger partial charge in [0.25, 0.3) is 0 Å². The van der Waals surface area contributed by atoms with Crippen LogP contribution in [0, 0.1) is 0 Å². The summed E-state index contributed by atoms with van der Waals surface area (Å²) in [6.45, 7) is 0. The Morgan fingerprint density at radius 3 is 0.795 bits per heavy atom. The Hall–Kier alpha value is -10.2. The maximum atomic E-state index is 2.50. The van der Waals surface area contributed by atoms with E-state index in [0.717, 1.165) is 32.1 Å². The lowest BCUT2D eigenvalue weighted by Crippen LogP contribution is -2.41. The first-order valence-corrected chi connectivity index (χ1v) is 29.5. The van der Waals surface area contributed by atoms with Gasteiger partial charge in [0, 0.05) is 89.0 Å². The first kappa shape index (κ1) is 47.6. The number of aromatic nitrogens is 4. The van der Waals surface area contributed by atoms with E-state index in [9.17, 15) is 0 Å². The Morgan fingerprint density at radius 2 is 0.494 bits per heavy atom. The summed E-state index contributed by atoms with van der Waals surface area (Å²) in [6, 6.07) is 101. The van der Waals surface area contributed by atoms with Gasteiger partial charge in [0.05, 0.1) is 38.6 Å². The minimum Gasteiger partial charge on any atom is -0.313 e. The fourth-order valence-electron chi connectivity index (χ4n) is 15.3. The molecule has 0 aliphatic heterocycles. The van der Waals surface area contributed by atoms with Crippen molar-refractivity contribution in [3.8, 4) is 22.7 Å². The van der Waals surface area contributed by atoms with Gasteiger partial charge in [0.15, 0.2) is 0 Å². The SMILES string of the molecule is C1=CCc2c(c3ccccc3n2-c2ccc(C3(c4ccc(-n5c6ccccc6c6ccccc65)cc4)CCC(c4ccc(-n5c6ccccc6c6ccccc65)cc4)(c4ccc(-n5c6ccccc6c6ccccc65)cc4)CC3)cc2)C=C1. The Balaban J connectivity index is 0.817. The molecule has 4 heterocycles. The molecule has 1 saturated carbocycles. The van der Waals surface area contributed by atoms with Crippen LogP contribution in [0.4, 0.5) is 0 Å². The number of benzene rings is 11. The molecule has 4 heteroatoms. The highest BCUT2D eigenvalue weighted by molar-refractivity contribution is 6.11. The zero-order valence-corrected chi connectivity index (χ0v) is 46.0. The first-order valence-electron chi connectivity index (χ1n) is 29.5. The van der Waals surface area contributed by atoms with Crippen LogP contribution in [0.5, 0.6) is 0 Å². The summed E-state index contributed by atoms with van der Waals surface area (Å²) >= 11 is 0. The molecule has 0 bridgehead atoms. The fourth-order valence-corrected chi connectivity index (χ4v) is 15.3. The molecule has 0 unspecified atom stereocenters. The van der Waals surface area contributed by atoms with Crippen molar-refractivity contribution in [1.82, 2.24) is 18.3 Å². The van der Waals surface area contributed by atoms with Crippen molar-refractivity contribution in [3.05, 3.63) is 319 Å². The molecule has 83 heavy (non-hydrogen) atoms. The van der Waals surface area contributed by atoms with Crippen molar-refractivity contribution in [2.45, 2.75) is 42.9 Å². The molecule has 0 atom stereocenters. The third kappa shape index (κ3) is 7.18. The van der Waals surface area contributed by atoms with E-state index < -0.39 is 0 Å². The molecule has 0 amide bonds. The summed E-state index contributed by atoms with van der Waals surface area (Å²) in [5.74, 6) is 0. The molecule has 1 fully saturated rings. The van der Waals surface area contributed by atoms with Gasteiger partial charge in [-0.3, -0.25) is 0 Å². The predicted octanol–water partition coefficient (Wildman–Crippen LogP) is 19.9. The smallest absolute Gasteiger partial charge is 0.0541 e. The molecule has 4 aromatic heterocycles. The fraction of sp³-hybridized carbons (Fsp3) is 0.0886. The van der Waals surface area contributed by atoms with Gasteiger partial charge in [0.1, 0.15) is 0 Å². The first-order chi connectivity index (χ1) is 41.1. The van der Waals surface area contributed by atoms with Gasteiger partial charge < -0.3 is 18.3 Å². The van der Waals surface area contributed by atoms with Gasteiger partial charge in [-0.15, -0.1) is 0 Å². The van der Waals surface area contributed by atoms with Gasteiger partial charge in [-0.05, 0) is 139 Å². The molecule has 0 N–H and O–H groups in total. The minimum atomic E-state index is -0.270. The van der Waals surface area contributed by atoms with Crippen LogP contribution >= 0.6 is 0 Å². The van der Waals surface area contributed by atoms with Crippen LogP contribution < -0.4 is 0 Å². The summed E-state index contributed by atoms with van der Waals surface area (Å²) in [5, 5.41) is 8.95. The van der Waals surface area contributed by atoms with Gasteiger partial charge in [0.2, 0.25) is 0 Å². The molecule has 2 aliphatic carbocycles. The van der Waals surface area contributed by atoms with E-state index in [0.29, 0.717) is 0 Å². The van der Waals surface area contributed by atoms with Gasteiger partial charge >= 0.3 is 0 Å². The lowest BCUT2D eigenvalue weighted by Gasteiger charge is -2.48. The molecule has 4 nitrogen and oxygen atoms in total. The zero-order valence-electron chi connectivity index (χ0n) is 46.0. The average molecular weight is 1060 g/mol. The Bertz CT molecular complexity index is 4770. The van der Waals surface area contributed by atoms with E-state index in [2.05, 4.69) is 309 Å². The van der Waals surface area contributed by atoms with Crippen LogP contribution in [-0.4, -0.2) is 18.3 Å². The van der Waals surface area contributed by atoms with Gasteiger partial charge in [-0.25, -0.2) is 0 Å². The van der Waals surface area contributed by atoms with Crippen molar-refractivity contribution in [2.75, 3.05) is 0 Å². The lowest BCUT2D eigenvalue weighted by atomic mass is 9.55. The lowest BCUT2D eigenvalue weighted by molar-refractivity contribution is 0.257. The standard InChI is InChI=1S/C79H58N4/c1-2-18-62-63-19-4-11-27-71(63)80(70(62)26-3-1)58-42-34-54(35-43-58)78(55-36-44-59(45-37-55)81-72-28-12-5-20-64(72)65-21-6-13-29-73(65)81)50-52-79(53-51-78,56-38-46-60(47-39-56)82-74-30-14-7-22-66(74)67-23-8-15-31-75(67)82)57-40-48-61(49-41-57)83-76-32-16-9-24-68(76)69-25-10-17-33-77(69)83/h1-25,27-49H,26,50-53H2. The predicted molar refractivity (Wildman–Crippen MR) is 348 cm³/mol. The quantitative estimate of drug-likeness (QED) is 0.145. The third-order valence-electron chi connectivity index (χ3n) is 19.2. The van der Waals surface area contributed by atoms with Crippen LogP contribution in [0.1, 0.15) is 59.2 Å². The molecule has 0 spiro atoms. The number of hydrogen-bond acceptors (Lipinski definition) is 0. The van der Waals surface area contributed by atoms with E-state index in [1.165, 1.54) is 133 Å². The van der Waals surface area contributed by atoms with Crippen molar-refractivity contribution in [3.63, 3.8) is 0 Å².